The van der Waals surface area contributed by atoms with Gasteiger partial charge in [-0.3, -0.25) is 0 Å². The van der Waals surface area contributed by atoms with Gasteiger partial charge in [0.1, 0.15) is 10.8 Å². The molecule has 1 aromatic carbocycles. The number of imidazole rings is 1. The van der Waals surface area contributed by atoms with Crippen LogP contribution >= 0.6 is 11.3 Å². The van der Waals surface area contributed by atoms with Crippen LogP contribution in [0, 0.1) is 0 Å². The number of hydrogen-bond donors (Lipinski definition) is 0. The van der Waals surface area contributed by atoms with Crippen LogP contribution in [0.3, 0.4) is 0 Å². The average Bonchev–Trinajstić information content (AvgIpc) is 3.31. The molecule has 0 amide bonds. The van der Waals surface area contributed by atoms with Crippen LogP contribution in [0.25, 0.3) is 4.96 Å². The molecule has 0 fully saturated rings. The summed E-state index contributed by atoms with van der Waals surface area (Å²) in [4.78, 5) is 5.31. The molecule has 0 aliphatic carbocycles. The van der Waals surface area contributed by atoms with Gasteiger partial charge in [0.05, 0.1) is 6.04 Å². The van der Waals surface area contributed by atoms with Crippen molar-refractivity contribution in [3.8, 4) is 0 Å². The third-order valence-corrected chi connectivity index (χ3v) is 5.33. The van der Waals surface area contributed by atoms with Gasteiger partial charge >= 0.3 is 0 Å². The summed E-state index contributed by atoms with van der Waals surface area (Å²) >= 11 is 1.59. The van der Waals surface area contributed by atoms with Gasteiger partial charge < -0.3 is 4.57 Å². The highest BCUT2D eigenvalue weighted by molar-refractivity contribution is 7.16. The van der Waals surface area contributed by atoms with E-state index in [1.54, 1.807) is 11.3 Å². The second-order valence-electron chi connectivity index (χ2n) is 6.44. The van der Waals surface area contributed by atoms with E-state index in [9.17, 15) is 0 Å². The van der Waals surface area contributed by atoms with Gasteiger partial charge in [0.2, 0.25) is 4.96 Å². The highest BCUT2D eigenvalue weighted by Gasteiger charge is 2.20. The zero-order chi connectivity index (χ0) is 17.4. The number of aromatic nitrogens is 6. The molecular weight excluding hydrogens is 332 g/mol. The lowest BCUT2D eigenvalue weighted by Gasteiger charge is -2.15. The lowest BCUT2D eigenvalue weighted by Crippen LogP contribution is -2.11. The molecule has 0 aliphatic heterocycles. The van der Waals surface area contributed by atoms with Crippen LogP contribution in [0.1, 0.15) is 55.0 Å². The van der Waals surface area contributed by atoms with Crippen molar-refractivity contribution >= 4 is 16.3 Å². The van der Waals surface area contributed by atoms with Gasteiger partial charge in [0.25, 0.3) is 0 Å². The van der Waals surface area contributed by atoms with E-state index < -0.39 is 0 Å². The van der Waals surface area contributed by atoms with E-state index >= 15 is 0 Å². The fourth-order valence-corrected chi connectivity index (χ4v) is 3.86. The Bertz CT molecular complexity index is 982. The first kappa shape index (κ1) is 16.0. The maximum Gasteiger partial charge on any atom is 0.234 e. The van der Waals surface area contributed by atoms with Gasteiger partial charge in [-0.05, 0) is 12.5 Å². The standard InChI is InChI=1S/C18H20N6S/c1-12(2)16-19-9-10-23(16)13(3)17-22-24-15(20-21-18(24)25-17)11-14-7-5-4-6-8-14/h4-10,12-13H,11H2,1-3H3/t13-/m0/s1. The number of hydrogen-bond acceptors (Lipinski definition) is 5. The Balaban J connectivity index is 1.66. The lowest BCUT2D eigenvalue weighted by atomic mass is 10.1. The first-order chi connectivity index (χ1) is 12.1. The first-order valence-electron chi connectivity index (χ1n) is 8.41. The number of nitrogens with zero attached hydrogens (tertiary/aromatic N) is 6. The zero-order valence-corrected chi connectivity index (χ0v) is 15.3. The lowest BCUT2D eigenvalue weighted by molar-refractivity contribution is 0.568. The second-order valence-corrected chi connectivity index (χ2v) is 7.42. The minimum Gasteiger partial charge on any atom is -0.325 e. The summed E-state index contributed by atoms with van der Waals surface area (Å²) < 4.78 is 4.06. The fourth-order valence-electron chi connectivity index (χ4n) is 2.95. The van der Waals surface area contributed by atoms with Gasteiger partial charge in [0.15, 0.2) is 5.82 Å². The van der Waals surface area contributed by atoms with Crippen molar-refractivity contribution in [1.82, 2.24) is 29.4 Å². The van der Waals surface area contributed by atoms with E-state index in [1.807, 2.05) is 35.1 Å². The van der Waals surface area contributed by atoms with Crippen molar-refractivity contribution in [2.75, 3.05) is 0 Å². The summed E-state index contributed by atoms with van der Waals surface area (Å²) in [5.41, 5.74) is 1.20. The molecule has 7 heteroatoms. The molecule has 3 heterocycles. The van der Waals surface area contributed by atoms with E-state index in [1.165, 1.54) is 5.56 Å². The maximum atomic E-state index is 4.79. The molecule has 4 rings (SSSR count). The van der Waals surface area contributed by atoms with Crippen molar-refractivity contribution in [2.45, 2.75) is 39.2 Å². The summed E-state index contributed by atoms with van der Waals surface area (Å²) in [5.74, 6) is 2.31. The van der Waals surface area contributed by atoms with Crippen LogP contribution in [0.15, 0.2) is 42.7 Å². The fraction of sp³-hybridized carbons (Fsp3) is 0.333. The third-order valence-electron chi connectivity index (χ3n) is 4.27. The maximum absolute atomic E-state index is 4.79. The van der Waals surface area contributed by atoms with Gasteiger partial charge in [-0.2, -0.15) is 9.61 Å². The molecular formula is C18H20N6S. The molecule has 4 aromatic rings. The summed E-state index contributed by atoms with van der Waals surface area (Å²) in [6.45, 7) is 6.46. The molecule has 3 aromatic heterocycles. The van der Waals surface area contributed by atoms with E-state index in [0.717, 1.165) is 28.0 Å². The minimum absolute atomic E-state index is 0.121. The molecule has 0 unspecified atom stereocenters. The minimum atomic E-state index is 0.121. The molecule has 0 radical (unpaired) electrons. The molecule has 0 saturated heterocycles. The highest BCUT2D eigenvalue weighted by Crippen LogP contribution is 2.27. The summed E-state index contributed by atoms with van der Waals surface area (Å²) in [7, 11) is 0. The molecule has 1 atom stereocenters. The second kappa shape index (κ2) is 6.40. The molecule has 6 nitrogen and oxygen atoms in total. The van der Waals surface area contributed by atoms with Crippen LogP contribution in [-0.4, -0.2) is 29.4 Å². The van der Waals surface area contributed by atoms with Gasteiger partial charge in [0, 0.05) is 24.7 Å². The van der Waals surface area contributed by atoms with Gasteiger partial charge in [-0.15, -0.1) is 10.2 Å². The van der Waals surface area contributed by atoms with Crippen molar-refractivity contribution < 1.29 is 0 Å². The molecule has 25 heavy (non-hydrogen) atoms. The normalized spacial score (nSPS) is 13.0. The summed E-state index contributed by atoms with van der Waals surface area (Å²) in [6, 6.07) is 10.4. The Morgan fingerprint density at radius 1 is 1.08 bits per heavy atom. The Hall–Kier alpha value is -2.54. The highest BCUT2D eigenvalue weighted by atomic mass is 32.1. The van der Waals surface area contributed by atoms with Gasteiger partial charge in [-0.25, -0.2) is 4.98 Å². The van der Waals surface area contributed by atoms with E-state index in [2.05, 4.69) is 52.7 Å². The molecule has 0 spiro atoms. The number of fused-ring (bicyclic) bond motifs is 1. The number of benzene rings is 1. The third kappa shape index (κ3) is 2.95. The SMILES string of the molecule is CC(C)c1nccn1[C@@H](C)c1nn2c(Cc3ccccc3)nnc2s1. The van der Waals surface area contributed by atoms with Crippen molar-refractivity contribution in [2.24, 2.45) is 0 Å². The van der Waals surface area contributed by atoms with E-state index in [-0.39, 0.29) is 6.04 Å². The zero-order valence-electron chi connectivity index (χ0n) is 14.5. The molecule has 0 N–H and O–H groups in total. The Labute approximate surface area is 150 Å². The molecule has 128 valence electrons. The molecule has 0 bridgehead atoms. The van der Waals surface area contributed by atoms with Crippen LogP contribution in [-0.2, 0) is 6.42 Å². The van der Waals surface area contributed by atoms with Crippen molar-refractivity contribution in [1.29, 1.82) is 0 Å². The summed E-state index contributed by atoms with van der Waals surface area (Å²) in [5, 5.41) is 14.4. The molecule has 0 aliphatic rings. The first-order valence-corrected chi connectivity index (χ1v) is 9.23. The quantitative estimate of drug-likeness (QED) is 0.549. The van der Waals surface area contributed by atoms with Crippen LogP contribution in [0.5, 0.6) is 0 Å². The summed E-state index contributed by atoms with van der Waals surface area (Å²) in [6.07, 6.45) is 4.60. The van der Waals surface area contributed by atoms with Crippen molar-refractivity contribution in [3.05, 3.63) is 64.9 Å². The van der Waals surface area contributed by atoms with E-state index in [4.69, 9.17) is 5.10 Å². The van der Waals surface area contributed by atoms with E-state index in [0.29, 0.717) is 5.92 Å². The average molecular weight is 352 g/mol. The predicted octanol–water partition coefficient (Wildman–Crippen LogP) is 3.71. The topological polar surface area (TPSA) is 60.9 Å². The van der Waals surface area contributed by atoms with Crippen molar-refractivity contribution in [3.63, 3.8) is 0 Å². The monoisotopic (exact) mass is 352 g/mol. The molecule has 0 saturated carbocycles. The Morgan fingerprint density at radius 3 is 2.64 bits per heavy atom. The predicted molar refractivity (Wildman–Crippen MR) is 98.0 cm³/mol. The van der Waals surface area contributed by atoms with Crippen LogP contribution in [0.4, 0.5) is 0 Å². The van der Waals surface area contributed by atoms with Gasteiger partial charge in [-0.1, -0.05) is 55.5 Å². The Kier molecular flexibility index (Phi) is 4.09. The van der Waals surface area contributed by atoms with Crippen LogP contribution in [0.2, 0.25) is 0 Å². The largest absolute Gasteiger partial charge is 0.325 e. The Morgan fingerprint density at radius 2 is 1.88 bits per heavy atom. The smallest absolute Gasteiger partial charge is 0.234 e. The number of rotatable bonds is 5. The van der Waals surface area contributed by atoms with Crippen LogP contribution < -0.4 is 0 Å².